The third-order valence-corrected chi connectivity index (χ3v) is 5.83. The molecule has 2 aromatic rings. The molecule has 0 spiro atoms. The van der Waals surface area contributed by atoms with Gasteiger partial charge in [-0.15, -0.1) is 0 Å². The molecule has 7 nitrogen and oxygen atoms in total. The highest BCUT2D eigenvalue weighted by molar-refractivity contribution is 5.93. The molecule has 3 heterocycles. The Bertz CT molecular complexity index is 820. The van der Waals surface area contributed by atoms with Crippen molar-refractivity contribution in [3.05, 3.63) is 48.2 Å². The van der Waals surface area contributed by atoms with Crippen molar-refractivity contribution in [2.75, 3.05) is 31.1 Å². The molecule has 1 aliphatic carbocycles. The number of piperazine rings is 1. The lowest BCUT2D eigenvalue weighted by atomic mass is 10.1. The molecular weight excluding hydrogens is 368 g/mol. The third kappa shape index (κ3) is 4.78. The highest BCUT2D eigenvalue weighted by Gasteiger charge is 2.24. The molecule has 1 aliphatic heterocycles. The maximum Gasteiger partial charge on any atom is 0.289 e. The van der Waals surface area contributed by atoms with Crippen LogP contribution in [-0.2, 0) is 0 Å². The van der Waals surface area contributed by atoms with Crippen LogP contribution in [0.4, 0.5) is 5.69 Å². The van der Waals surface area contributed by atoms with E-state index in [1.807, 2.05) is 12.1 Å². The Kier molecular flexibility index (Phi) is 6.12. The Morgan fingerprint density at radius 3 is 2.48 bits per heavy atom. The second-order valence-electron chi connectivity index (χ2n) is 7.82. The Labute approximate surface area is 171 Å². The standard InChI is InChI=1S/C22H28N4O3/c27-21(24-17-6-3-1-2-4-7-17)19-16-18(9-10-23-19)25-11-13-26(14-12-25)22(28)20-8-5-15-29-20/h5,8-10,15-17H,1-4,6-7,11-14H2,(H,24,27). The minimum Gasteiger partial charge on any atom is -0.459 e. The largest absolute Gasteiger partial charge is 0.459 e. The van der Waals surface area contributed by atoms with Crippen molar-refractivity contribution in [3.8, 4) is 0 Å². The number of carbonyl (C=O) groups is 2. The molecule has 0 bridgehead atoms. The van der Waals surface area contributed by atoms with Crippen molar-refractivity contribution >= 4 is 17.5 Å². The van der Waals surface area contributed by atoms with E-state index in [1.54, 1.807) is 23.2 Å². The first-order valence-corrected chi connectivity index (χ1v) is 10.6. The molecule has 1 saturated heterocycles. The first-order chi connectivity index (χ1) is 14.2. The van der Waals surface area contributed by atoms with E-state index in [0.29, 0.717) is 37.6 Å². The Hall–Kier alpha value is -2.83. The number of amides is 2. The van der Waals surface area contributed by atoms with E-state index in [4.69, 9.17) is 4.42 Å². The minimum atomic E-state index is -0.0922. The summed E-state index contributed by atoms with van der Waals surface area (Å²) in [5.41, 5.74) is 1.43. The fourth-order valence-electron chi connectivity index (χ4n) is 4.15. The molecule has 2 amide bonds. The number of rotatable bonds is 4. The Morgan fingerprint density at radius 1 is 1.03 bits per heavy atom. The van der Waals surface area contributed by atoms with E-state index in [9.17, 15) is 9.59 Å². The number of furan rings is 1. The lowest BCUT2D eigenvalue weighted by Crippen LogP contribution is -2.48. The molecule has 0 aromatic carbocycles. The molecular formula is C22H28N4O3. The van der Waals surface area contributed by atoms with Crippen molar-refractivity contribution < 1.29 is 14.0 Å². The van der Waals surface area contributed by atoms with Gasteiger partial charge in [-0.25, -0.2) is 0 Å². The van der Waals surface area contributed by atoms with E-state index in [1.165, 1.54) is 31.9 Å². The predicted octanol–water partition coefficient (Wildman–Crippen LogP) is 3.09. The van der Waals surface area contributed by atoms with Gasteiger partial charge in [-0.3, -0.25) is 14.6 Å². The van der Waals surface area contributed by atoms with Crippen molar-refractivity contribution in [1.82, 2.24) is 15.2 Å². The highest BCUT2D eigenvalue weighted by Crippen LogP contribution is 2.20. The summed E-state index contributed by atoms with van der Waals surface area (Å²) in [7, 11) is 0. The van der Waals surface area contributed by atoms with Crippen LogP contribution < -0.4 is 10.2 Å². The number of aromatic nitrogens is 1. The molecule has 2 aliphatic rings. The van der Waals surface area contributed by atoms with E-state index >= 15 is 0 Å². The quantitative estimate of drug-likeness (QED) is 0.804. The summed E-state index contributed by atoms with van der Waals surface area (Å²) in [6.07, 6.45) is 10.2. The number of hydrogen-bond acceptors (Lipinski definition) is 5. The molecule has 0 radical (unpaired) electrons. The summed E-state index contributed by atoms with van der Waals surface area (Å²) >= 11 is 0. The number of pyridine rings is 1. The third-order valence-electron chi connectivity index (χ3n) is 5.83. The van der Waals surface area contributed by atoms with Gasteiger partial charge in [0.2, 0.25) is 0 Å². The molecule has 0 atom stereocenters. The van der Waals surface area contributed by atoms with Crippen LogP contribution in [-0.4, -0.2) is 53.9 Å². The van der Waals surface area contributed by atoms with Gasteiger partial charge in [-0.2, -0.15) is 0 Å². The van der Waals surface area contributed by atoms with Gasteiger partial charge in [-0.05, 0) is 37.1 Å². The van der Waals surface area contributed by atoms with Crippen molar-refractivity contribution in [2.45, 2.75) is 44.6 Å². The van der Waals surface area contributed by atoms with Crippen LogP contribution in [0.2, 0.25) is 0 Å². The van der Waals surface area contributed by atoms with E-state index in [0.717, 1.165) is 18.5 Å². The normalized spacial score (nSPS) is 18.3. The molecule has 29 heavy (non-hydrogen) atoms. The second kappa shape index (κ2) is 9.11. The van der Waals surface area contributed by atoms with Crippen LogP contribution in [0.5, 0.6) is 0 Å². The summed E-state index contributed by atoms with van der Waals surface area (Å²) in [5, 5.41) is 3.16. The molecule has 1 N–H and O–H groups in total. The molecule has 154 valence electrons. The van der Waals surface area contributed by atoms with E-state index in [-0.39, 0.29) is 17.9 Å². The van der Waals surface area contributed by atoms with Gasteiger partial charge in [0.1, 0.15) is 5.69 Å². The van der Waals surface area contributed by atoms with Gasteiger partial charge in [0.05, 0.1) is 6.26 Å². The number of hydrogen-bond donors (Lipinski definition) is 1. The average Bonchev–Trinajstić information content (AvgIpc) is 3.19. The van der Waals surface area contributed by atoms with Crippen LogP contribution in [0.15, 0.2) is 41.1 Å². The zero-order chi connectivity index (χ0) is 20.1. The fraction of sp³-hybridized carbons (Fsp3) is 0.500. The van der Waals surface area contributed by atoms with E-state index < -0.39 is 0 Å². The summed E-state index contributed by atoms with van der Waals surface area (Å²) in [6, 6.07) is 7.45. The summed E-state index contributed by atoms with van der Waals surface area (Å²) < 4.78 is 5.21. The molecule has 1 saturated carbocycles. The maximum absolute atomic E-state index is 12.7. The zero-order valence-corrected chi connectivity index (χ0v) is 16.7. The SMILES string of the molecule is O=C(NC1CCCCCC1)c1cc(N2CCN(C(=O)c3ccco3)CC2)ccn1. The van der Waals surface area contributed by atoms with Crippen LogP contribution in [0.3, 0.4) is 0 Å². The van der Waals surface area contributed by atoms with E-state index in [2.05, 4.69) is 15.2 Å². The first kappa shape index (κ1) is 19.5. The summed E-state index contributed by atoms with van der Waals surface area (Å²) in [6.45, 7) is 2.65. The minimum absolute atomic E-state index is 0.0761. The number of carbonyl (C=O) groups excluding carboxylic acids is 2. The second-order valence-corrected chi connectivity index (χ2v) is 7.82. The first-order valence-electron chi connectivity index (χ1n) is 10.6. The number of nitrogens with zero attached hydrogens (tertiary/aromatic N) is 3. The Morgan fingerprint density at radius 2 is 1.79 bits per heavy atom. The van der Waals surface area contributed by atoms with Crippen LogP contribution in [0, 0.1) is 0 Å². The van der Waals surface area contributed by atoms with Gasteiger partial charge >= 0.3 is 0 Å². The summed E-state index contributed by atoms with van der Waals surface area (Å²) in [4.78, 5) is 33.4. The molecule has 2 fully saturated rings. The van der Waals surface area contributed by atoms with Gasteiger partial charge in [0.25, 0.3) is 11.8 Å². The molecule has 4 rings (SSSR count). The topological polar surface area (TPSA) is 78.7 Å². The van der Waals surface area contributed by atoms with Crippen molar-refractivity contribution in [3.63, 3.8) is 0 Å². The lowest BCUT2D eigenvalue weighted by Gasteiger charge is -2.35. The highest BCUT2D eigenvalue weighted by atomic mass is 16.3. The molecule has 0 unspecified atom stereocenters. The maximum atomic E-state index is 12.7. The number of anilines is 1. The van der Waals surface area contributed by atoms with Gasteiger partial charge < -0.3 is 19.5 Å². The van der Waals surface area contributed by atoms with Crippen LogP contribution in [0.25, 0.3) is 0 Å². The molecule has 2 aromatic heterocycles. The van der Waals surface area contributed by atoms with Gasteiger partial charge in [0, 0.05) is 44.1 Å². The zero-order valence-electron chi connectivity index (χ0n) is 16.7. The van der Waals surface area contributed by atoms with Gasteiger partial charge in [0.15, 0.2) is 5.76 Å². The van der Waals surface area contributed by atoms with Crippen molar-refractivity contribution in [2.24, 2.45) is 0 Å². The smallest absolute Gasteiger partial charge is 0.289 e. The average molecular weight is 396 g/mol. The van der Waals surface area contributed by atoms with Crippen molar-refractivity contribution in [1.29, 1.82) is 0 Å². The Balaban J connectivity index is 1.35. The number of nitrogens with one attached hydrogen (secondary N) is 1. The predicted molar refractivity (Wildman–Crippen MR) is 110 cm³/mol. The summed E-state index contributed by atoms with van der Waals surface area (Å²) in [5.74, 6) is 0.207. The lowest BCUT2D eigenvalue weighted by molar-refractivity contribution is 0.0714. The fourth-order valence-corrected chi connectivity index (χ4v) is 4.15. The van der Waals surface area contributed by atoms with Gasteiger partial charge in [-0.1, -0.05) is 25.7 Å². The monoisotopic (exact) mass is 396 g/mol. The molecule has 7 heteroatoms. The van der Waals surface area contributed by atoms with Crippen LogP contribution in [0.1, 0.15) is 59.6 Å². The van der Waals surface area contributed by atoms with Crippen LogP contribution >= 0.6 is 0 Å².